The van der Waals surface area contributed by atoms with Crippen LogP contribution in [0.3, 0.4) is 0 Å². The number of rotatable bonds is 1. The molecule has 3 nitrogen and oxygen atoms in total. The zero-order valence-corrected chi connectivity index (χ0v) is 8.28. The summed E-state index contributed by atoms with van der Waals surface area (Å²) in [6.07, 6.45) is 1.71. The van der Waals surface area contributed by atoms with Crippen molar-refractivity contribution >= 4 is 0 Å². The lowest BCUT2D eigenvalue weighted by atomic mass is 10.1. The van der Waals surface area contributed by atoms with E-state index in [0.717, 1.165) is 6.07 Å². The molecule has 1 aromatic heterocycles. The van der Waals surface area contributed by atoms with Gasteiger partial charge in [0.2, 0.25) is 0 Å². The third-order valence-corrected chi connectivity index (χ3v) is 2.51. The van der Waals surface area contributed by atoms with E-state index in [4.69, 9.17) is 4.74 Å². The molecule has 0 amide bonds. The summed E-state index contributed by atoms with van der Waals surface area (Å²) in [7, 11) is 0. The summed E-state index contributed by atoms with van der Waals surface area (Å²) < 4.78 is 33.2. The Morgan fingerprint density at radius 1 is 1.31 bits per heavy atom. The van der Waals surface area contributed by atoms with Crippen LogP contribution in [0.15, 0.2) is 24.4 Å². The van der Waals surface area contributed by atoms with Gasteiger partial charge in [-0.15, -0.1) is 0 Å². The number of imidazole rings is 1. The average Bonchev–Trinajstić information content (AvgIpc) is 2.76. The largest absolute Gasteiger partial charge is 0.463 e. The first-order chi connectivity index (χ1) is 7.74. The third-order valence-electron chi connectivity index (χ3n) is 2.51. The van der Waals surface area contributed by atoms with E-state index in [-0.39, 0.29) is 5.56 Å². The lowest BCUT2D eigenvalue weighted by Crippen LogP contribution is -1.93. The van der Waals surface area contributed by atoms with Gasteiger partial charge in [-0.25, -0.2) is 8.78 Å². The first-order valence-electron chi connectivity index (χ1n) is 4.89. The smallest absolute Gasteiger partial charge is 0.297 e. The molecular formula is C11H8F2N2O. The molecule has 3 rings (SSSR count). The van der Waals surface area contributed by atoms with Crippen LogP contribution in [-0.2, 0) is 6.54 Å². The summed E-state index contributed by atoms with van der Waals surface area (Å²) in [6, 6.07) is 3.92. The van der Waals surface area contributed by atoms with Crippen molar-refractivity contribution in [1.29, 1.82) is 0 Å². The highest BCUT2D eigenvalue weighted by molar-refractivity contribution is 5.60. The van der Waals surface area contributed by atoms with Gasteiger partial charge in [-0.1, -0.05) is 0 Å². The topological polar surface area (TPSA) is 27.1 Å². The van der Waals surface area contributed by atoms with Crippen LogP contribution in [0.1, 0.15) is 0 Å². The molecule has 1 aromatic carbocycles. The Morgan fingerprint density at radius 2 is 2.19 bits per heavy atom. The van der Waals surface area contributed by atoms with E-state index in [1.54, 1.807) is 10.8 Å². The fourth-order valence-electron chi connectivity index (χ4n) is 1.74. The molecule has 2 heterocycles. The Hall–Kier alpha value is -1.91. The molecule has 0 saturated heterocycles. The van der Waals surface area contributed by atoms with Gasteiger partial charge in [0.1, 0.15) is 18.2 Å². The van der Waals surface area contributed by atoms with E-state index in [1.807, 2.05) is 0 Å². The second-order valence-corrected chi connectivity index (χ2v) is 3.57. The van der Waals surface area contributed by atoms with E-state index in [1.165, 1.54) is 12.1 Å². The van der Waals surface area contributed by atoms with Crippen LogP contribution in [0, 0.1) is 11.6 Å². The summed E-state index contributed by atoms with van der Waals surface area (Å²) in [5.74, 6) is -1.21. The van der Waals surface area contributed by atoms with Crippen LogP contribution >= 0.6 is 0 Å². The van der Waals surface area contributed by atoms with Gasteiger partial charge >= 0.3 is 0 Å². The molecule has 0 unspecified atom stereocenters. The van der Waals surface area contributed by atoms with Crippen LogP contribution in [0.4, 0.5) is 8.78 Å². The van der Waals surface area contributed by atoms with Crippen LogP contribution in [0.2, 0.25) is 0 Å². The number of benzene rings is 1. The standard InChI is InChI=1S/C11H8F2N2O/c12-7-1-2-8(9(13)5-7)10-6-15-3-4-16-11(15)14-10/h1-2,5-6H,3-4H2. The van der Waals surface area contributed by atoms with Gasteiger partial charge in [-0.3, -0.25) is 4.57 Å². The zero-order chi connectivity index (χ0) is 11.1. The molecule has 0 bridgehead atoms. The van der Waals surface area contributed by atoms with Crippen molar-refractivity contribution in [2.45, 2.75) is 6.54 Å². The molecule has 0 spiro atoms. The summed E-state index contributed by atoms with van der Waals surface area (Å²) >= 11 is 0. The van der Waals surface area contributed by atoms with Crippen molar-refractivity contribution in [1.82, 2.24) is 9.55 Å². The fourth-order valence-corrected chi connectivity index (χ4v) is 1.74. The Labute approximate surface area is 90.3 Å². The van der Waals surface area contributed by atoms with Gasteiger partial charge in [-0.2, -0.15) is 4.98 Å². The van der Waals surface area contributed by atoms with E-state index in [2.05, 4.69) is 4.98 Å². The summed E-state index contributed by atoms with van der Waals surface area (Å²) in [4.78, 5) is 4.13. The van der Waals surface area contributed by atoms with Crippen LogP contribution in [-0.4, -0.2) is 16.2 Å². The molecule has 5 heteroatoms. The number of fused-ring (bicyclic) bond motifs is 1. The Morgan fingerprint density at radius 3 is 2.94 bits per heavy atom. The van der Waals surface area contributed by atoms with Gasteiger partial charge in [0, 0.05) is 17.8 Å². The highest BCUT2D eigenvalue weighted by Crippen LogP contribution is 2.27. The maximum Gasteiger partial charge on any atom is 0.297 e. The zero-order valence-electron chi connectivity index (χ0n) is 8.28. The minimum Gasteiger partial charge on any atom is -0.463 e. The van der Waals surface area contributed by atoms with Gasteiger partial charge in [0.05, 0.1) is 12.2 Å². The molecule has 0 radical (unpaired) electrons. The minimum atomic E-state index is -0.614. The molecule has 0 atom stereocenters. The maximum absolute atomic E-state index is 13.5. The van der Waals surface area contributed by atoms with Crippen molar-refractivity contribution in [2.24, 2.45) is 0 Å². The SMILES string of the molecule is Fc1ccc(-c2cn3c(n2)OCC3)c(F)c1. The maximum atomic E-state index is 13.5. The number of nitrogens with zero attached hydrogens (tertiary/aromatic N) is 2. The summed E-state index contributed by atoms with van der Waals surface area (Å²) in [6.45, 7) is 1.31. The van der Waals surface area contributed by atoms with Crippen molar-refractivity contribution in [3.63, 3.8) is 0 Å². The number of aromatic nitrogens is 2. The lowest BCUT2D eigenvalue weighted by molar-refractivity contribution is 0.345. The fraction of sp³-hybridized carbons (Fsp3) is 0.182. The second kappa shape index (κ2) is 3.30. The first kappa shape index (κ1) is 9.33. The Kier molecular flexibility index (Phi) is 1.92. The van der Waals surface area contributed by atoms with Crippen LogP contribution < -0.4 is 4.74 Å². The molecular weight excluding hydrogens is 214 g/mol. The molecule has 2 aromatic rings. The molecule has 0 saturated carbocycles. The normalized spacial score (nSPS) is 13.6. The highest BCUT2D eigenvalue weighted by atomic mass is 19.1. The Balaban J connectivity index is 2.08. The molecule has 16 heavy (non-hydrogen) atoms. The predicted octanol–water partition coefficient (Wildman–Crippen LogP) is 2.22. The minimum absolute atomic E-state index is 0.284. The highest BCUT2D eigenvalue weighted by Gasteiger charge is 2.17. The quantitative estimate of drug-likeness (QED) is 0.739. The molecule has 0 fully saturated rings. The summed E-state index contributed by atoms with van der Waals surface area (Å²) in [5, 5.41) is 0. The molecule has 0 N–H and O–H groups in total. The Bertz CT molecular complexity index is 529. The van der Waals surface area contributed by atoms with Crippen LogP contribution in [0.5, 0.6) is 6.01 Å². The van der Waals surface area contributed by atoms with E-state index >= 15 is 0 Å². The monoisotopic (exact) mass is 222 g/mol. The molecule has 1 aliphatic rings. The third kappa shape index (κ3) is 1.36. The van der Waals surface area contributed by atoms with Gasteiger partial charge in [0.15, 0.2) is 0 Å². The lowest BCUT2D eigenvalue weighted by Gasteiger charge is -1.99. The van der Waals surface area contributed by atoms with Gasteiger partial charge < -0.3 is 4.74 Å². The number of halogens is 2. The second-order valence-electron chi connectivity index (χ2n) is 3.57. The summed E-state index contributed by atoms with van der Waals surface area (Å²) in [5.41, 5.74) is 0.749. The number of ether oxygens (including phenoxy) is 1. The van der Waals surface area contributed by atoms with Gasteiger partial charge in [0.25, 0.3) is 6.01 Å². The molecule has 1 aliphatic heterocycles. The van der Waals surface area contributed by atoms with Crippen molar-refractivity contribution in [3.05, 3.63) is 36.0 Å². The van der Waals surface area contributed by atoms with E-state index in [9.17, 15) is 8.78 Å². The van der Waals surface area contributed by atoms with E-state index in [0.29, 0.717) is 24.9 Å². The van der Waals surface area contributed by atoms with Crippen molar-refractivity contribution < 1.29 is 13.5 Å². The van der Waals surface area contributed by atoms with Crippen molar-refractivity contribution in [3.8, 4) is 17.3 Å². The number of hydrogen-bond donors (Lipinski definition) is 0. The van der Waals surface area contributed by atoms with Crippen molar-refractivity contribution in [2.75, 3.05) is 6.61 Å². The van der Waals surface area contributed by atoms with Crippen LogP contribution in [0.25, 0.3) is 11.3 Å². The van der Waals surface area contributed by atoms with Gasteiger partial charge in [-0.05, 0) is 12.1 Å². The number of hydrogen-bond acceptors (Lipinski definition) is 2. The predicted molar refractivity (Wildman–Crippen MR) is 53.1 cm³/mol. The first-order valence-corrected chi connectivity index (χ1v) is 4.89. The molecule has 0 aliphatic carbocycles. The van der Waals surface area contributed by atoms with E-state index < -0.39 is 11.6 Å². The molecule has 82 valence electrons. The average molecular weight is 222 g/mol.